The third-order valence-electron chi connectivity index (χ3n) is 3.24. The molecule has 2 N–H and O–H groups in total. The van der Waals surface area contributed by atoms with Crippen LogP contribution in [0.5, 0.6) is 5.75 Å². The molecule has 1 rings (SSSR count). The zero-order chi connectivity index (χ0) is 13.5. The average molecular weight is 253 g/mol. The van der Waals surface area contributed by atoms with Gasteiger partial charge in [0.05, 0.1) is 18.9 Å². The molecule has 0 bridgehead atoms. The van der Waals surface area contributed by atoms with E-state index in [-0.39, 0.29) is 5.92 Å². The van der Waals surface area contributed by atoms with Crippen molar-refractivity contribution >= 4 is 0 Å². The standard InChI is InChI=1S/C14H23NO3/c1-4-10(5-2)13(16)14(17)11-7-12(18-6-3)9-15-8-11/h7-10,13-14,16-17H,4-6H2,1-3H3. The van der Waals surface area contributed by atoms with Crippen LogP contribution in [0.1, 0.15) is 45.3 Å². The Morgan fingerprint density at radius 3 is 2.39 bits per heavy atom. The molecule has 1 aromatic heterocycles. The summed E-state index contributed by atoms with van der Waals surface area (Å²) in [6, 6.07) is 1.73. The lowest BCUT2D eigenvalue weighted by Gasteiger charge is -2.25. The monoisotopic (exact) mass is 253 g/mol. The minimum Gasteiger partial charge on any atom is -0.492 e. The van der Waals surface area contributed by atoms with Crippen LogP contribution in [0, 0.1) is 5.92 Å². The van der Waals surface area contributed by atoms with E-state index in [0.717, 1.165) is 12.8 Å². The Morgan fingerprint density at radius 1 is 1.17 bits per heavy atom. The van der Waals surface area contributed by atoms with Crippen LogP contribution in [0.25, 0.3) is 0 Å². The smallest absolute Gasteiger partial charge is 0.137 e. The Bertz CT molecular complexity index is 353. The Morgan fingerprint density at radius 2 is 1.83 bits per heavy atom. The number of nitrogens with zero attached hydrogens (tertiary/aromatic N) is 1. The van der Waals surface area contributed by atoms with Gasteiger partial charge in [-0.3, -0.25) is 4.98 Å². The molecule has 0 saturated carbocycles. The number of aliphatic hydroxyl groups is 2. The zero-order valence-corrected chi connectivity index (χ0v) is 11.3. The van der Waals surface area contributed by atoms with Gasteiger partial charge in [-0.1, -0.05) is 26.7 Å². The van der Waals surface area contributed by atoms with Crippen LogP contribution >= 0.6 is 0 Å². The van der Waals surface area contributed by atoms with Gasteiger partial charge in [-0.05, 0) is 18.9 Å². The van der Waals surface area contributed by atoms with Gasteiger partial charge in [0.25, 0.3) is 0 Å². The predicted molar refractivity (Wildman–Crippen MR) is 70.4 cm³/mol. The lowest BCUT2D eigenvalue weighted by atomic mass is 9.90. The van der Waals surface area contributed by atoms with Crippen molar-refractivity contribution in [3.05, 3.63) is 24.0 Å². The molecule has 1 heterocycles. The van der Waals surface area contributed by atoms with Gasteiger partial charge in [-0.15, -0.1) is 0 Å². The van der Waals surface area contributed by atoms with Crippen molar-refractivity contribution in [2.24, 2.45) is 5.92 Å². The molecule has 0 amide bonds. The highest BCUT2D eigenvalue weighted by molar-refractivity contribution is 5.25. The van der Waals surface area contributed by atoms with Crippen LogP contribution < -0.4 is 4.74 Å². The molecule has 0 aliphatic rings. The van der Waals surface area contributed by atoms with E-state index in [1.54, 1.807) is 18.5 Å². The molecule has 0 aliphatic carbocycles. The lowest BCUT2D eigenvalue weighted by Crippen LogP contribution is -2.27. The molecule has 0 radical (unpaired) electrons. The summed E-state index contributed by atoms with van der Waals surface area (Å²) in [4.78, 5) is 4.02. The molecule has 0 aromatic carbocycles. The number of aliphatic hydroxyl groups excluding tert-OH is 2. The molecular weight excluding hydrogens is 230 g/mol. The minimum atomic E-state index is -0.914. The number of aromatic nitrogens is 1. The van der Waals surface area contributed by atoms with E-state index in [4.69, 9.17) is 4.74 Å². The van der Waals surface area contributed by atoms with Gasteiger partial charge in [-0.2, -0.15) is 0 Å². The van der Waals surface area contributed by atoms with Crippen molar-refractivity contribution in [1.82, 2.24) is 4.98 Å². The molecule has 0 spiro atoms. The molecule has 18 heavy (non-hydrogen) atoms. The number of hydrogen-bond donors (Lipinski definition) is 2. The van der Waals surface area contributed by atoms with E-state index in [2.05, 4.69) is 4.98 Å². The molecule has 0 saturated heterocycles. The lowest BCUT2D eigenvalue weighted by molar-refractivity contribution is -0.0212. The highest BCUT2D eigenvalue weighted by Gasteiger charge is 2.25. The fourth-order valence-electron chi connectivity index (χ4n) is 2.07. The van der Waals surface area contributed by atoms with Crippen molar-refractivity contribution in [3.63, 3.8) is 0 Å². The number of hydrogen-bond acceptors (Lipinski definition) is 4. The van der Waals surface area contributed by atoms with Gasteiger partial charge in [0.1, 0.15) is 11.9 Å². The first kappa shape index (κ1) is 14.9. The fraction of sp³-hybridized carbons (Fsp3) is 0.643. The SMILES string of the molecule is CCOc1cncc(C(O)C(O)C(CC)CC)c1. The molecule has 0 aliphatic heterocycles. The van der Waals surface area contributed by atoms with Gasteiger partial charge in [-0.25, -0.2) is 0 Å². The van der Waals surface area contributed by atoms with Crippen LogP contribution in [0.2, 0.25) is 0 Å². The van der Waals surface area contributed by atoms with Crippen molar-refractivity contribution < 1.29 is 14.9 Å². The predicted octanol–water partition coefficient (Wildman–Crippen LogP) is 2.31. The summed E-state index contributed by atoms with van der Waals surface area (Å²) in [7, 11) is 0. The average Bonchev–Trinajstić information content (AvgIpc) is 2.40. The molecular formula is C14H23NO3. The molecule has 4 heteroatoms. The van der Waals surface area contributed by atoms with Crippen LogP contribution in [0.3, 0.4) is 0 Å². The maximum Gasteiger partial charge on any atom is 0.137 e. The van der Waals surface area contributed by atoms with Crippen LogP contribution in [-0.2, 0) is 0 Å². The summed E-state index contributed by atoms with van der Waals surface area (Å²) in [5, 5.41) is 20.3. The summed E-state index contributed by atoms with van der Waals surface area (Å²) < 4.78 is 5.33. The largest absolute Gasteiger partial charge is 0.492 e. The van der Waals surface area contributed by atoms with E-state index < -0.39 is 12.2 Å². The molecule has 102 valence electrons. The quantitative estimate of drug-likeness (QED) is 0.782. The Balaban J connectivity index is 2.82. The Kier molecular flexibility index (Phi) is 6.09. The third kappa shape index (κ3) is 3.68. The van der Waals surface area contributed by atoms with Crippen molar-refractivity contribution in [1.29, 1.82) is 0 Å². The topological polar surface area (TPSA) is 62.6 Å². The summed E-state index contributed by atoms with van der Waals surface area (Å²) in [5.74, 6) is 0.710. The molecule has 0 fully saturated rings. The maximum atomic E-state index is 10.2. The third-order valence-corrected chi connectivity index (χ3v) is 3.24. The van der Waals surface area contributed by atoms with Gasteiger partial charge >= 0.3 is 0 Å². The second-order valence-corrected chi connectivity index (χ2v) is 4.40. The number of ether oxygens (including phenoxy) is 1. The highest BCUT2D eigenvalue weighted by atomic mass is 16.5. The van der Waals surface area contributed by atoms with E-state index in [0.29, 0.717) is 17.9 Å². The van der Waals surface area contributed by atoms with Crippen molar-refractivity contribution in [3.8, 4) is 5.75 Å². The summed E-state index contributed by atoms with van der Waals surface area (Å²) in [6.07, 6.45) is 3.17. The Hall–Kier alpha value is -1.13. The summed E-state index contributed by atoms with van der Waals surface area (Å²) in [6.45, 7) is 6.47. The van der Waals surface area contributed by atoms with E-state index in [9.17, 15) is 10.2 Å². The van der Waals surface area contributed by atoms with Crippen LogP contribution in [0.4, 0.5) is 0 Å². The van der Waals surface area contributed by atoms with E-state index >= 15 is 0 Å². The first-order valence-electron chi connectivity index (χ1n) is 6.57. The maximum absolute atomic E-state index is 10.2. The van der Waals surface area contributed by atoms with Gasteiger partial charge < -0.3 is 14.9 Å². The van der Waals surface area contributed by atoms with E-state index in [1.165, 1.54) is 0 Å². The summed E-state index contributed by atoms with van der Waals surface area (Å²) >= 11 is 0. The molecule has 1 aromatic rings. The van der Waals surface area contributed by atoms with Crippen molar-refractivity contribution in [2.45, 2.75) is 45.8 Å². The molecule has 2 unspecified atom stereocenters. The fourth-order valence-corrected chi connectivity index (χ4v) is 2.07. The Labute approximate surface area is 109 Å². The first-order valence-corrected chi connectivity index (χ1v) is 6.57. The summed E-state index contributed by atoms with van der Waals surface area (Å²) in [5.41, 5.74) is 0.598. The number of rotatable bonds is 7. The molecule has 2 atom stereocenters. The van der Waals surface area contributed by atoms with Crippen molar-refractivity contribution in [2.75, 3.05) is 6.61 Å². The van der Waals surface area contributed by atoms with E-state index in [1.807, 2.05) is 20.8 Å². The first-order chi connectivity index (χ1) is 8.63. The molecule has 4 nitrogen and oxygen atoms in total. The minimum absolute atomic E-state index is 0.0933. The zero-order valence-electron chi connectivity index (χ0n) is 11.3. The van der Waals surface area contributed by atoms with Gasteiger partial charge in [0, 0.05) is 11.8 Å². The van der Waals surface area contributed by atoms with Crippen LogP contribution in [0.15, 0.2) is 18.5 Å². The second kappa shape index (κ2) is 7.34. The van der Waals surface area contributed by atoms with Gasteiger partial charge in [0.15, 0.2) is 0 Å². The highest BCUT2D eigenvalue weighted by Crippen LogP contribution is 2.27. The second-order valence-electron chi connectivity index (χ2n) is 4.40. The van der Waals surface area contributed by atoms with Crippen LogP contribution in [-0.4, -0.2) is 27.9 Å². The number of pyridine rings is 1. The normalized spacial score (nSPS) is 14.6. The van der Waals surface area contributed by atoms with Gasteiger partial charge in [0.2, 0.25) is 0 Å².